The molecule has 0 radical (unpaired) electrons. The van der Waals surface area contributed by atoms with E-state index in [1.54, 1.807) is 54.9 Å². The van der Waals surface area contributed by atoms with E-state index in [-0.39, 0.29) is 0 Å². The molecule has 3 aromatic rings. The van der Waals surface area contributed by atoms with Crippen LogP contribution in [0.1, 0.15) is 17.2 Å². The Bertz CT molecular complexity index is 1010. The Morgan fingerprint density at radius 2 is 1.77 bits per heavy atom. The van der Waals surface area contributed by atoms with Crippen LogP contribution in [-0.4, -0.2) is 38.6 Å². The van der Waals surface area contributed by atoms with Crippen LogP contribution in [0.15, 0.2) is 79.1 Å². The number of rotatable bonds is 10. The van der Waals surface area contributed by atoms with Gasteiger partial charge in [0, 0.05) is 31.5 Å². The first-order valence-corrected chi connectivity index (χ1v) is 11.1. The number of aromatic nitrogens is 1. The molecule has 3 rings (SSSR count). The molecule has 0 amide bonds. The number of pyridine rings is 1. The lowest BCUT2D eigenvalue weighted by Crippen LogP contribution is -2.32. The number of nitrogens with zero attached hydrogens (tertiary/aromatic N) is 2. The normalized spacial score (nSPS) is 12.3. The molecule has 30 heavy (non-hydrogen) atoms. The third kappa shape index (κ3) is 6.03. The highest BCUT2D eigenvalue weighted by Gasteiger charge is 2.17. The zero-order valence-electron chi connectivity index (χ0n) is 16.8. The molecule has 0 saturated heterocycles. The average Bonchev–Trinajstić information content (AvgIpc) is 2.78. The molecular formula is C22H26N4O3S. The summed E-state index contributed by atoms with van der Waals surface area (Å²) < 4.78 is 28.9. The first-order valence-electron chi connectivity index (χ1n) is 9.65. The number of nitrogens with one attached hydrogen (secondary N) is 2. The number of benzene rings is 2. The average molecular weight is 427 g/mol. The maximum Gasteiger partial charge on any atom is 0.323 e. The Hall–Kier alpha value is -2.94. The highest BCUT2D eigenvalue weighted by atomic mass is 32.2. The van der Waals surface area contributed by atoms with Crippen molar-refractivity contribution < 1.29 is 13.5 Å². The molecule has 0 fully saturated rings. The van der Waals surface area contributed by atoms with Gasteiger partial charge < -0.3 is 10.4 Å². The second-order valence-electron chi connectivity index (χ2n) is 6.86. The molecule has 7 nitrogen and oxygen atoms in total. The zero-order valence-corrected chi connectivity index (χ0v) is 17.6. The maximum atomic E-state index is 12.6. The molecule has 158 valence electrons. The number of aliphatic hydroxyl groups excluding tert-OH is 1. The summed E-state index contributed by atoms with van der Waals surface area (Å²) in [5, 5.41) is 13.3. The van der Waals surface area contributed by atoms with Crippen molar-refractivity contribution in [2.24, 2.45) is 0 Å². The lowest BCUT2D eigenvalue weighted by atomic mass is 10.1. The SMILES string of the molecule is CN(c1ccccc1)S(=O)(=O)Nc1ccc(CCNC[C@H](O)c2cccnc2)cc1. The quantitative estimate of drug-likeness (QED) is 0.434. The first kappa shape index (κ1) is 21.8. The maximum absolute atomic E-state index is 12.6. The molecule has 0 unspecified atom stereocenters. The van der Waals surface area contributed by atoms with Crippen molar-refractivity contribution in [3.8, 4) is 0 Å². The molecule has 0 aliphatic carbocycles. The van der Waals surface area contributed by atoms with Crippen LogP contribution in [0.2, 0.25) is 0 Å². The third-order valence-electron chi connectivity index (χ3n) is 4.68. The Labute approximate surface area is 177 Å². The van der Waals surface area contributed by atoms with Crippen molar-refractivity contribution in [3.05, 3.63) is 90.3 Å². The predicted molar refractivity (Wildman–Crippen MR) is 120 cm³/mol. The summed E-state index contributed by atoms with van der Waals surface area (Å²) >= 11 is 0. The minimum absolute atomic E-state index is 0.440. The molecule has 0 aliphatic heterocycles. The molecule has 0 bridgehead atoms. The van der Waals surface area contributed by atoms with Gasteiger partial charge in [-0.25, -0.2) is 0 Å². The Morgan fingerprint density at radius 1 is 1.03 bits per heavy atom. The molecule has 8 heteroatoms. The van der Waals surface area contributed by atoms with Crippen LogP contribution in [0.3, 0.4) is 0 Å². The van der Waals surface area contributed by atoms with Crippen LogP contribution in [-0.2, 0) is 16.6 Å². The summed E-state index contributed by atoms with van der Waals surface area (Å²) in [4.78, 5) is 4.00. The predicted octanol–water partition coefficient (Wildman–Crippen LogP) is 2.74. The molecule has 2 aromatic carbocycles. The van der Waals surface area contributed by atoms with E-state index in [9.17, 15) is 13.5 Å². The van der Waals surface area contributed by atoms with Crippen LogP contribution < -0.4 is 14.3 Å². The van der Waals surface area contributed by atoms with Crippen LogP contribution in [0.5, 0.6) is 0 Å². The lowest BCUT2D eigenvalue weighted by Gasteiger charge is -2.20. The fourth-order valence-electron chi connectivity index (χ4n) is 2.90. The van der Waals surface area contributed by atoms with Gasteiger partial charge in [-0.05, 0) is 48.9 Å². The number of anilines is 2. The van der Waals surface area contributed by atoms with Gasteiger partial charge in [0.2, 0.25) is 0 Å². The second-order valence-corrected chi connectivity index (χ2v) is 8.57. The minimum atomic E-state index is -3.70. The van der Waals surface area contributed by atoms with E-state index in [2.05, 4.69) is 15.0 Å². The van der Waals surface area contributed by atoms with E-state index in [0.717, 1.165) is 17.5 Å². The van der Waals surface area contributed by atoms with Gasteiger partial charge in [-0.1, -0.05) is 36.4 Å². The number of hydrogen-bond acceptors (Lipinski definition) is 5. The van der Waals surface area contributed by atoms with E-state index in [0.29, 0.717) is 24.5 Å². The number of para-hydroxylation sites is 1. The molecule has 1 heterocycles. The van der Waals surface area contributed by atoms with Gasteiger partial charge in [0.15, 0.2) is 0 Å². The topological polar surface area (TPSA) is 94.6 Å². The van der Waals surface area contributed by atoms with Crippen molar-refractivity contribution in [1.82, 2.24) is 10.3 Å². The van der Waals surface area contributed by atoms with E-state index in [4.69, 9.17) is 0 Å². The van der Waals surface area contributed by atoms with Gasteiger partial charge in [0.05, 0.1) is 17.5 Å². The fraction of sp³-hybridized carbons (Fsp3) is 0.227. The fourth-order valence-corrected chi connectivity index (χ4v) is 3.87. The van der Waals surface area contributed by atoms with Crippen LogP contribution in [0, 0.1) is 0 Å². The zero-order chi connectivity index (χ0) is 21.4. The molecule has 1 aromatic heterocycles. The lowest BCUT2D eigenvalue weighted by molar-refractivity contribution is 0.174. The molecular weight excluding hydrogens is 400 g/mol. The van der Waals surface area contributed by atoms with E-state index >= 15 is 0 Å². The van der Waals surface area contributed by atoms with Crippen molar-refractivity contribution in [2.75, 3.05) is 29.2 Å². The summed E-state index contributed by atoms with van der Waals surface area (Å²) in [6.07, 6.45) is 3.49. The summed E-state index contributed by atoms with van der Waals surface area (Å²) in [5.41, 5.74) is 2.93. The van der Waals surface area contributed by atoms with Crippen molar-refractivity contribution >= 4 is 21.6 Å². The number of hydrogen-bond donors (Lipinski definition) is 3. The van der Waals surface area contributed by atoms with Crippen LogP contribution in [0.4, 0.5) is 11.4 Å². The monoisotopic (exact) mass is 426 g/mol. The van der Waals surface area contributed by atoms with Crippen molar-refractivity contribution in [1.29, 1.82) is 0 Å². The van der Waals surface area contributed by atoms with Gasteiger partial charge in [0.1, 0.15) is 0 Å². The molecule has 3 N–H and O–H groups in total. The Balaban J connectivity index is 1.48. The smallest absolute Gasteiger partial charge is 0.323 e. The summed E-state index contributed by atoms with van der Waals surface area (Å²) in [6.45, 7) is 1.13. The van der Waals surface area contributed by atoms with Gasteiger partial charge >= 0.3 is 10.2 Å². The highest BCUT2D eigenvalue weighted by Crippen LogP contribution is 2.18. The summed E-state index contributed by atoms with van der Waals surface area (Å²) in [7, 11) is -2.19. The third-order valence-corrected chi connectivity index (χ3v) is 6.10. The highest BCUT2D eigenvalue weighted by molar-refractivity contribution is 7.94. The molecule has 0 aliphatic rings. The Kier molecular flexibility index (Phi) is 7.40. The largest absolute Gasteiger partial charge is 0.387 e. The van der Waals surface area contributed by atoms with Crippen molar-refractivity contribution in [2.45, 2.75) is 12.5 Å². The van der Waals surface area contributed by atoms with E-state index < -0.39 is 16.3 Å². The van der Waals surface area contributed by atoms with E-state index in [1.165, 1.54) is 11.4 Å². The van der Waals surface area contributed by atoms with Gasteiger partial charge in [-0.3, -0.25) is 14.0 Å². The Morgan fingerprint density at radius 3 is 2.43 bits per heavy atom. The van der Waals surface area contributed by atoms with Gasteiger partial charge in [-0.2, -0.15) is 8.42 Å². The molecule has 1 atom stereocenters. The van der Waals surface area contributed by atoms with Crippen LogP contribution >= 0.6 is 0 Å². The van der Waals surface area contributed by atoms with Gasteiger partial charge in [0.25, 0.3) is 0 Å². The molecule has 0 spiro atoms. The van der Waals surface area contributed by atoms with Crippen LogP contribution in [0.25, 0.3) is 0 Å². The standard InChI is InChI=1S/C22H26N4O3S/c1-26(21-7-3-2-4-8-21)30(28,29)25-20-11-9-18(10-12-20)13-15-24-17-22(27)19-6-5-14-23-16-19/h2-12,14,16,22,24-25,27H,13,15,17H2,1H3/t22-/m0/s1. The summed E-state index contributed by atoms with van der Waals surface area (Å²) in [5.74, 6) is 0. The first-order chi connectivity index (χ1) is 14.5. The summed E-state index contributed by atoms with van der Waals surface area (Å²) in [6, 6.07) is 19.8. The van der Waals surface area contributed by atoms with Crippen molar-refractivity contribution in [3.63, 3.8) is 0 Å². The molecule has 0 saturated carbocycles. The van der Waals surface area contributed by atoms with Gasteiger partial charge in [-0.15, -0.1) is 0 Å². The minimum Gasteiger partial charge on any atom is -0.387 e. The van der Waals surface area contributed by atoms with E-state index in [1.807, 2.05) is 24.3 Å². The number of aliphatic hydroxyl groups is 1. The second kappa shape index (κ2) is 10.2.